The molecule has 0 fully saturated rings. The largest absolute Gasteiger partial charge is 0.368 e. The van der Waals surface area contributed by atoms with E-state index in [0.29, 0.717) is 13.0 Å². The minimum Gasteiger partial charge on any atom is -0.368 e. The lowest BCUT2D eigenvalue weighted by Gasteiger charge is -2.27. The smallest absolute Gasteiger partial charge is 0.247 e. The summed E-state index contributed by atoms with van der Waals surface area (Å²) >= 11 is 0. The van der Waals surface area contributed by atoms with Gasteiger partial charge in [-0.2, -0.15) is 0 Å². The van der Waals surface area contributed by atoms with Crippen molar-refractivity contribution in [3.63, 3.8) is 0 Å². The van der Waals surface area contributed by atoms with Gasteiger partial charge in [0.1, 0.15) is 17.5 Å². The fourth-order valence-corrected chi connectivity index (χ4v) is 3.18. The number of dihydropyridines is 1. The van der Waals surface area contributed by atoms with Crippen molar-refractivity contribution in [3.8, 4) is 0 Å². The van der Waals surface area contributed by atoms with E-state index >= 15 is 0 Å². The first kappa shape index (κ1) is 17.3. The normalized spacial score (nSPS) is 25.5. The molecule has 0 aromatic rings. The van der Waals surface area contributed by atoms with E-state index in [4.69, 9.17) is 4.99 Å². The second-order valence-corrected chi connectivity index (χ2v) is 6.63. The molecule has 3 aliphatic rings. The van der Waals surface area contributed by atoms with Crippen molar-refractivity contribution in [2.75, 3.05) is 6.54 Å². The van der Waals surface area contributed by atoms with Crippen LogP contribution >= 0.6 is 0 Å². The molecular weight excluding hydrogens is 314 g/mol. The minimum atomic E-state index is -0.736. The average molecular weight is 341 g/mol. The van der Waals surface area contributed by atoms with Gasteiger partial charge in [0.05, 0.1) is 0 Å². The molecule has 134 valence electrons. The Bertz CT molecular complexity index is 701. The van der Waals surface area contributed by atoms with Crippen LogP contribution in [0.4, 0.5) is 0 Å². The first-order valence-electron chi connectivity index (χ1n) is 9.01. The van der Waals surface area contributed by atoms with Crippen molar-refractivity contribution in [1.82, 2.24) is 21.3 Å². The molecule has 0 radical (unpaired) electrons. The van der Waals surface area contributed by atoms with Gasteiger partial charge in [0.25, 0.3) is 0 Å². The number of hydrogen-bond donors (Lipinski definition) is 4. The van der Waals surface area contributed by atoms with Crippen LogP contribution in [-0.4, -0.2) is 30.0 Å². The van der Waals surface area contributed by atoms with Gasteiger partial charge in [-0.25, -0.2) is 0 Å². The third-order valence-corrected chi connectivity index (χ3v) is 4.85. The molecule has 0 bridgehead atoms. The van der Waals surface area contributed by atoms with Gasteiger partial charge in [-0.3, -0.25) is 9.79 Å². The van der Waals surface area contributed by atoms with Crippen molar-refractivity contribution in [2.24, 2.45) is 4.99 Å². The third kappa shape index (κ3) is 3.48. The molecular formula is C19H27N5O. The Morgan fingerprint density at radius 2 is 2.24 bits per heavy atom. The van der Waals surface area contributed by atoms with Crippen LogP contribution in [0.15, 0.2) is 52.5 Å². The topological polar surface area (TPSA) is 77.5 Å². The Morgan fingerprint density at radius 3 is 3.00 bits per heavy atom. The van der Waals surface area contributed by atoms with Crippen LogP contribution in [0.3, 0.4) is 0 Å². The molecule has 4 N–H and O–H groups in total. The highest BCUT2D eigenvalue weighted by Gasteiger charge is 2.32. The highest BCUT2D eigenvalue weighted by atomic mass is 16.2. The van der Waals surface area contributed by atoms with E-state index in [2.05, 4.69) is 33.4 Å². The molecule has 0 aromatic carbocycles. The summed E-state index contributed by atoms with van der Waals surface area (Å²) in [6.07, 6.45) is 12.8. The zero-order valence-corrected chi connectivity index (χ0v) is 15.1. The van der Waals surface area contributed by atoms with Crippen molar-refractivity contribution in [2.45, 2.75) is 51.7 Å². The van der Waals surface area contributed by atoms with Crippen molar-refractivity contribution >= 4 is 11.7 Å². The van der Waals surface area contributed by atoms with E-state index in [1.165, 1.54) is 5.57 Å². The summed E-state index contributed by atoms with van der Waals surface area (Å²) in [5, 5.41) is 13.0. The summed E-state index contributed by atoms with van der Waals surface area (Å²) in [4.78, 5) is 17.2. The summed E-state index contributed by atoms with van der Waals surface area (Å²) in [7, 11) is 0. The summed E-state index contributed by atoms with van der Waals surface area (Å²) in [6, 6.07) is 0. The molecule has 1 unspecified atom stereocenters. The van der Waals surface area contributed by atoms with Crippen LogP contribution in [0.2, 0.25) is 0 Å². The number of nitrogens with zero attached hydrogens (tertiary/aromatic N) is 1. The summed E-state index contributed by atoms with van der Waals surface area (Å²) in [5.41, 5.74) is 2.67. The van der Waals surface area contributed by atoms with Crippen molar-refractivity contribution in [1.29, 1.82) is 0 Å². The molecule has 2 atom stereocenters. The SMILES string of the molecule is CCNC(=O)[C@@](C)(CC)N=C1CCC=C(C2=CNC3NC=CC=C23)N1. The zero-order valence-electron chi connectivity index (χ0n) is 15.1. The highest BCUT2D eigenvalue weighted by molar-refractivity contribution is 5.92. The van der Waals surface area contributed by atoms with Crippen molar-refractivity contribution < 1.29 is 4.79 Å². The third-order valence-electron chi connectivity index (χ3n) is 4.85. The van der Waals surface area contributed by atoms with E-state index in [1.807, 2.05) is 39.2 Å². The molecule has 1 amide bonds. The van der Waals surface area contributed by atoms with Gasteiger partial charge < -0.3 is 21.3 Å². The van der Waals surface area contributed by atoms with Gasteiger partial charge in [0.2, 0.25) is 5.91 Å². The molecule has 0 aliphatic carbocycles. The maximum Gasteiger partial charge on any atom is 0.247 e. The number of carbonyl (C=O) groups excluding carboxylic acids is 1. The Labute approximate surface area is 149 Å². The lowest BCUT2D eigenvalue weighted by atomic mass is 9.97. The standard InChI is InChI=1S/C19H27N5O/c1-4-19(3,18(25)20-5-2)24-16-10-6-9-15(23-16)14-12-22-17-13(14)8-7-11-21-17/h7-9,11-12,17,21-22H,4-6,10H2,1-3H3,(H,20,25)(H,23,24)/t17?,19-/m1/s1. The van der Waals surface area contributed by atoms with Crippen LogP contribution < -0.4 is 21.3 Å². The predicted octanol–water partition coefficient (Wildman–Crippen LogP) is 1.81. The number of hydrogen-bond acceptors (Lipinski definition) is 4. The van der Waals surface area contributed by atoms with Gasteiger partial charge in [0, 0.05) is 36.0 Å². The second kappa shape index (κ2) is 7.17. The Balaban J connectivity index is 1.79. The number of likely N-dealkylation sites (N-methyl/N-ethyl adjacent to an activating group) is 1. The van der Waals surface area contributed by atoms with Crippen molar-refractivity contribution in [3.05, 3.63) is 47.5 Å². The molecule has 0 saturated carbocycles. The minimum absolute atomic E-state index is 0.0194. The molecule has 0 aromatic heterocycles. The molecule has 25 heavy (non-hydrogen) atoms. The molecule has 0 spiro atoms. The molecule has 3 rings (SSSR count). The number of amidine groups is 1. The van der Waals surface area contributed by atoms with Gasteiger partial charge in [-0.15, -0.1) is 0 Å². The molecule has 6 heteroatoms. The number of carbonyl (C=O) groups is 1. The summed E-state index contributed by atoms with van der Waals surface area (Å²) < 4.78 is 0. The van der Waals surface area contributed by atoms with Crippen LogP contribution in [0.5, 0.6) is 0 Å². The highest BCUT2D eigenvalue weighted by Crippen LogP contribution is 2.28. The fourth-order valence-electron chi connectivity index (χ4n) is 3.18. The number of nitrogens with one attached hydrogen (secondary N) is 4. The number of allylic oxidation sites excluding steroid dienone is 4. The maximum atomic E-state index is 12.4. The number of fused-ring (bicyclic) bond motifs is 1. The van der Waals surface area contributed by atoms with Gasteiger partial charge in [0.15, 0.2) is 0 Å². The summed E-state index contributed by atoms with van der Waals surface area (Å²) in [5.74, 6) is 0.853. The second-order valence-electron chi connectivity index (χ2n) is 6.63. The first-order valence-corrected chi connectivity index (χ1v) is 9.01. The van der Waals surface area contributed by atoms with Crippen LogP contribution in [0.1, 0.15) is 40.0 Å². The number of rotatable bonds is 5. The molecule has 3 aliphatic heterocycles. The van der Waals surface area contributed by atoms with Crippen LogP contribution in [-0.2, 0) is 4.79 Å². The molecule has 0 saturated heterocycles. The maximum absolute atomic E-state index is 12.4. The monoisotopic (exact) mass is 341 g/mol. The van der Waals surface area contributed by atoms with E-state index < -0.39 is 5.54 Å². The van der Waals surface area contributed by atoms with Gasteiger partial charge >= 0.3 is 0 Å². The Hall–Kier alpha value is -2.50. The van der Waals surface area contributed by atoms with E-state index in [-0.39, 0.29) is 12.1 Å². The molecule has 3 heterocycles. The quantitative estimate of drug-likeness (QED) is 0.615. The lowest BCUT2D eigenvalue weighted by molar-refractivity contribution is -0.125. The lowest BCUT2D eigenvalue weighted by Crippen LogP contribution is -2.44. The van der Waals surface area contributed by atoms with E-state index in [9.17, 15) is 4.79 Å². The van der Waals surface area contributed by atoms with Gasteiger partial charge in [-0.1, -0.05) is 19.1 Å². The van der Waals surface area contributed by atoms with Crippen LogP contribution in [0.25, 0.3) is 0 Å². The predicted molar refractivity (Wildman–Crippen MR) is 101 cm³/mol. The first-order chi connectivity index (χ1) is 12.1. The summed E-state index contributed by atoms with van der Waals surface area (Å²) in [6.45, 7) is 6.44. The Morgan fingerprint density at radius 1 is 1.40 bits per heavy atom. The molecule has 6 nitrogen and oxygen atoms in total. The number of amides is 1. The average Bonchev–Trinajstić information content (AvgIpc) is 3.06. The number of aliphatic imine (C=N–C) groups is 1. The van der Waals surface area contributed by atoms with E-state index in [0.717, 1.165) is 29.9 Å². The fraction of sp³-hybridized carbons (Fsp3) is 0.474. The van der Waals surface area contributed by atoms with E-state index in [1.54, 1.807) is 0 Å². The zero-order chi connectivity index (χ0) is 17.9. The Kier molecular flexibility index (Phi) is 4.97. The van der Waals surface area contributed by atoms with Crippen LogP contribution in [0, 0.1) is 0 Å². The van der Waals surface area contributed by atoms with Gasteiger partial charge in [-0.05, 0) is 39.0 Å².